The molecule has 4 aromatic rings. The lowest BCUT2D eigenvalue weighted by atomic mass is 10.1. The second-order valence-electron chi connectivity index (χ2n) is 9.43. The van der Waals surface area contributed by atoms with Gasteiger partial charge in [0.2, 0.25) is 0 Å². The largest absolute Gasteiger partial charge is 0.497 e. The van der Waals surface area contributed by atoms with Gasteiger partial charge in [-0.25, -0.2) is 0 Å². The topological polar surface area (TPSA) is 18.5 Å². The fraction of sp³-hybridized carbons (Fsp3) is 0.263. The first kappa shape index (κ1) is 30.1. The molecule has 204 valence electrons. The summed E-state index contributed by atoms with van der Waals surface area (Å²) in [5, 5.41) is 0. The van der Waals surface area contributed by atoms with Gasteiger partial charge >= 0.3 is 0 Å². The number of ether oxygens (including phenoxy) is 2. The summed E-state index contributed by atoms with van der Waals surface area (Å²) in [6.45, 7) is 7.08. The first-order chi connectivity index (χ1) is 19.6. The van der Waals surface area contributed by atoms with Gasteiger partial charge in [-0.2, -0.15) is 0 Å². The van der Waals surface area contributed by atoms with Crippen molar-refractivity contribution in [2.24, 2.45) is 0 Å². The third kappa shape index (κ3) is 10.8. The van der Waals surface area contributed by atoms with E-state index in [4.69, 9.17) is 9.47 Å². The number of unbranched alkanes of at least 4 members (excludes halogenated alkanes) is 1. The van der Waals surface area contributed by atoms with E-state index >= 15 is 0 Å². The van der Waals surface area contributed by atoms with Crippen molar-refractivity contribution in [2.45, 2.75) is 52.9 Å². The van der Waals surface area contributed by atoms with Crippen molar-refractivity contribution in [3.05, 3.63) is 130 Å². The van der Waals surface area contributed by atoms with Crippen molar-refractivity contribution in [2.75, 3.05) is 13.7 Å². The maximum Gasteiger partial charge on any atom is 0.119 e. The van der Waals surface area contributed by atoms with E-state index in [1.54, 1.807) is 7.11 Å². The van der Waals surface area contributed by atoms with Crippen LogP contribution in [0.15, 0.2) is 97.1 Å². The summed E-state index contributed by atoms with van der Waals surface area (Å²) in [6, 6.07) is 32.7. The number of hydrogen-bond donors (Lipinski definition) is 0. The number of hydrogen-bond acceptors (Lipinski definition) is 2. The van der Waals surface area contributed by atoms with Crippen LogP contribution in [-0.2, 0) is 12.8 Å². The molecule has 2 heteroatoms. The van der Waals surface area contributed by atoms with Crippen molar-refractivity contribution in [1.82, 2.24) is 0 Å². The van der Waals surface area contributed by atoms with E-state index in [0.29, 0.717) is 6.61 Å². The molecule has 4 aromatic carbocycles. The number of methoxy groups -OCH3 is 1. The Morgan fingerprint density at radius 2 is 0.875 bits per heavy atom. The normalized spacial score (nSPS) is 9.70. The molecular formula is C38H40O2. The molecule has 0 saturated heterocycles. The molecule has 0 saturated carbocycles. The Kier molecular flexibility index (Phi) is 13.0. The van der Waals surface area contributed by atoms with E-state index in [-0.39, 0.29) is 0 Å². The SMILES string of the molecule is CCCCc1ccc(C#Cc2ccc(OCC)cc2)cc1.CCCc1ccc(C#Cc2ccc(OC)cc2)cc1. The molecular weight excluding hydrogens is 488 g/mol. The molecule has 0 unspecified atom stereocenters. The van der Waals surface area contributed by atoms with Crippen molar-refractivity contribution < 1.29 is 9.47 Å². The molecule has 0 aromatic heterocycles. The Bertz CT molecular complexity index is 1390. The van der Waals surface area contributed by atoms with Crippen LogP contribution in [0.25, 0.3) is 0 Å². The minimum Gasteiger partial charge on any atom is -0.497 e. The van der Waals surface area contributed by atoms with Gasteiger partial charge in [-0.05, 0) is 110 Å². The highest BCUT2D eigenvalue weighted by molar-refractivity contribution is 5.46. The molecule has 0 spiro atoms. The summed E-state index contributed by atoms with van der Waals surface area (Å²) in [4.78, 5) is 0. The van der Waals surface area contributed by atoms with Crippen LogP contribution in [0.4, 0.5) is 0 Å². The standard InChI is InChI=1S/C20H22O.C18H18O/c1-3-5-6-17-7-9-18(10-8-17)11-12-19-13-15-20(16-14-19)21-4-2;1-3-4-15-5-7-16(8-6-15)9-10-17-11-13-18(19-2)14-12-17/h7-10,13-16H,3-6H2,1-2H3;5-8,11-14H,3-4H2,1-2H3. The molecule has 40 heavy (non-hydrogen) atoms. The van der Waals surface area contributed by atoms with Crippen molar-refractivity contribution >= 4 is 0 Å². The minimum atomic E-state index is 0.690. The third-order valence-corrected chi connectivity index (χ3v) is 6.22. The smallest absolute Gasteiger partial charge is 0.119 e. The second kappa shape index (κ2) is 17.2. The average Bonchev–Trinajstić information content (AvgIpc) is 3.01. The summed E-state index contributed by atoms with van der Waals surface area (Å²) in [6.07, 6.45) is 5.95. The molecule has 0 N–H and O–H groups in total. The molecule has 0 radical (unpaired) electrons. The Morgan fingerprint density at radius 3 is 1.25 bits per heavy atom. The molecule has 0 heterocycles. The van der Waals surface area contributed by atoms with Crippen molar-refractivity contribution in [3.63, 3.8) is 0 Å². The summed E-state index contributed by atoms with van der Waals surface area (Å²) in [5.41, 5.74) is 6.88. The third-order valence-electron chi connectivity index (χ3n) is 6.22. The molecule has 0 atom stereocenters. The van der Waals surface area contributed by atoms with Crippen LogP contribution in [0, 0.1) is 23.7 Å². The van der Waals surface area contributed by atoms with Gasteiger partial charge in [-0.15, -0.1) is 0 Å². The van der Waals surface area contributed by atoms with Crippen LogP contribution < -0.4 is 9.47 Å². The van der Waals surface area contributed by atoms with E-state index in [0.717, 1.165) is 46.6 Å². The predicted molar refractivity (Wildman–Crippen MR) is 168 cm³/mol. The molecule has 0 amide bonds. The van der Waals surface area contributed by atoms with Crippen LogP contribution in [0.2, 0.25) is 0 Å². The van der Waals surface area contributed by atoms with Crippen molar-refractivity contribution in [1.29, 1.82) is 0 Å². The van der Waals surface area contributed by atoms with Crippen molar-refractivity contribution in [3.8, 4) is 35.2 Å². The zero-order chi connectivity index (χ0) is 28.4. The lowest BCUT2D eigenvalue weighted by molar-refractivity contribution is 0.340. The minimum absolute atomic E-state index is 0.690. The Hall–Kier alpha value is -4.40. The van der Waals surface area contributed by atoms with Crippen LogP contribution in [0.1, 0.15) is 73.4 Å². The summed E-state index contributed by atoms with van der Waals surface area (Å²) in [7, 11) is 1.67. The second-order valence-corrected chi connectivity index (χ2v) is 9.43. The van der Waals surface area contributed by atoms with E-state index in [1.165, 1.54) is 30.4 Å². The first-order valence-electron chi connectivity index (χ1n) is 14.2. The Labute approximate surface area is 241 Å². The Morgan fingerprint density at radius 1 is 0.475 bits per heavy atom. The van der Waals surface area contributed by atoms with E-state index in [1.807, 2.05) is 55.5 Å². The molecule has 2 nitrogen and oxygen atoms in total. The monoisotopic (exact) mass is 528 g/mol. The predicted octanol–water partition coefficient (Wildman–Crippen LogP) is 8.88. The average molecular weight is 529 g/mol. The quantitative estimate of drug-likeness (QED) is 0.213. The number of aryl methyl sites for hydroxylation is 2. The van der Waals surface area contributed by atoms with Gasteiger partial charge in [-0.3, -0.25) is 0 Å². The molecule has 0 aliphatic heterocycles. The van der Waals surface area contributed by atoms with Gasteiger partial charge in [0, 0.05) is 22.3 Å². The van der Waals surface area contributed by atoms with Crippen LogP contribution in [0.5, 0.6) is 11.5 Å². The number of benzene rings is 4. The fourth-order valence-electron chi connectivity index (χ4n) is 3.94. The van der Waals surface area contributed by atoms with Crippen LogP contribution in [-0.4, -0.2) is 13.7 Å². The van der Waals surface area contributed by atoms with E-state index in [9.17, 15) is 0 Å². The zero-order valence-electron chi connectivity index (χ0n) is 24.3. The highest BCUT2D eigenvalue weighted by atomic mass is 16.5. The van der Waals surface area contributed by atoms with E-state index in [2.05, 4.69) is 86.1 Å². The molecule has 4 rings (SSSR count). The molecule has 0 aliphatic rings. The van der Waals surface area contributed by atoms with Gasteiger partial charge in [0.25, 0.3) is 0 Å². The maximum atomic E-state index is 5.42. The van der Waals surface area contributed by atoms with Crippen LogP contribution in [0.3, 0.4) is 0 Å². The van der Waals surface area contributed by atoms with Gasteiger partial charge < -0.3 is 9.47 Å². The summed E-state index contributed by atoms with van der Waals surface area (Å²) >= 11 is 0. The van der Waals surface area contributed by atoms with Gasteiger partial charge in [0.15, 0.2) is 0 Å². The van der Waals surface area contributed by atoms with Crippen LogP contribution >= 0.6 is 0 Å². The van der Waals surface area contributed by atoms with Gasteiger partial charge in [-0.1, -0.05) is 74.6 Å². The van der Waals surface area contributed by atoms with Gasteiger partial charge in [0.05, 0.1) is 13.7 Å². The first-order valence-corrected chi connectivity index (χ1v) is 14.2. The molecule has 0 aliphatic carbocycles. The fourth-order valence-corrected chi connectivity index (χ4v) is 3.94. The highest BCUT2D eigenvalue weighted by Gasteiger charge is 1.95. The van der Waals surface area contributed by atoms with E-state index < -0.39 is 0 Å². The zero-order valence-corrected chi connectivity index (χ0v) is 24.3. The summed E-state index contributed by atoms with van der Waals surface area (Å²) in [5.74, 6) is 14.5. The molecule has 0 fully saturated rings. The lowest BCUT2D eigenvalue weighted by Crippen LogP contribution is -1.90. The maximum absolute atomic E-state index is 5.42. The summed E-state index contributed by atoms with van der Waals surface area (Å²) < 4.78 is 10.5. The van der Waals surface area contributed by atoms with Gasteiger partial charge in [0.1, 0.15) is 11.5 Å². The highest BCUT2D eigenvalue weighted by Crippen LogP contribution is 2.13. The molecule has 0 bridgehead atoms. The number of rotatable bonds is 8. The Balaban J connectivity index is 0.000000222. The lowest BCUT2D eigenvalue weighted by Gasteiger charge is -2.01.